The van der Waals surface area contributed by atoms with Crippen LogP contribution in [0.15, 0.2) is 84.9 Å². The van der Waals surface area contributed by atoms with E-state index >= 15 is 0 Å². The molecule has 0 spiro atoms. The average Bonchev–Trinajstić information content (AvgIpc) is 2.92. The number of nitrogens with one attached hydrogen (secondary N) is 2. The van der Waals surface area contributed by atoms with Gasteiger partial charge in [-0.05, 0) is 41.0 Å². The summed E-state index contributed by atoms with van der Waals surface area (Å²) < 4.78 is 5.37. The summed E-state index contributed by atoms with van der Waals surface area (Å²) in [7, 11) is 1.58. The van der Waals surface area contributed by atoms with E-state index in [-0.39, 0.29) is 24.3 Å². The van der Waals surface area contributed by atoms with Crippen LogP contribution in [-0.4, -0.2) is 42.6 Å². The first-order chi connectivity index (χ1) is 18.8. The summed E-state index contributed by atoms with van der Waals surface area (Å²) in [6, 6.07) is 25.8. The molecule has 0 aliphatic heterocycles. The van der Waals surface area contributed by atoms with E-state index in [9.17, 15) is 19.5 Å². The lowest BCUT2D eigenvalue weighted by Gasteiger charge is -2.26. The van der Waals surface area contributed by atoms with Crippen LogP contribution in [0.1, 0.15) is 43.9 Å². The number of carboxylic acid groups (broad SMARTS) is 1. The van der Waals surface area contributed by atoms with E-state index in [1.165, 1.54) is 0 Å². The predicted molar refractivity (Wildman–Crippen MR) is 152 cm³/mol. The Morgan fingerprint density at radius 2 is 1.38 bits per heavy atom. The van der Waals surface area contributed by atoms with E-state index in [2.05, 4.69) is 10.6 Å². The largest absolute Gasteiger partial charge is 0.481 e. The number of carbonyl (C=O) groups is 3. The Balaban J connectivity index is 1.88. The highest BCUT2D eigenvalue weighted by atomic mass is 16.5. The molecule has 3 aromatic carbocycles. The second-order valence-electron chi connectivity index (χ2n) is 10.2. The van der Waals surface area contributed by atoms with Gasteiger partial charge in [0.05, 0.1) is 19.1 Å². The molecule has 0 bridgehead atoms. The van der Waals surface area contributed by atoms with Crippen molar-refractivity contribution in [3.05, 3.63) is 96.1 Å². The summed E-state index contributed by atoms with van der Waals surface area (Å²) in [5.41, 5.74) is 3.67. The fourth-order valence-electron chi connectivity index (χ4n) is 4.66. The van der Waals surface area contributed by atoms with Gasteiger partial charge in [0.25, 0.3) is 0 Å². The van der Waals surface area contributed by atoms with Gasteiger partial charge < -0.3 is 20.5 Å². The van der Waals surface area contributed by atoms with Gasteiger partial charge in [-0.2, -0.15) is 0 Å². The Labute approximate surface area is 230 Å². The average molecular weight is 531 g/mol. The molecule has 0 aliphatic carbocycles. The van der Waals surface area contributed by atoms with Gasteiger partial charge in [-0.15, -0.1) is 0 Å². The van der Waals surface area contributed by atoms with Gasteiger partial charge in [0.15, 0.2) is 0 Å². The van der Waals surface area contributed by atoms with Crippen LogP contribution in [0.4, 0.5) is 0 Å². The van der Waals surface area contributed by atoms with Gasteiger partial charge in [-0.1, -0.05) is 98.8 Å². The minimum Gasteiger partial charge on any atom is -0.481 e. The van der Waals surface area contributed by atoms with E-state index in [0.717, 1.165) is 16.7 Å². The Morgan fingerprint density at radius 1 is 0.795 bits per heavy atom. The van der Waals surface area contributed by atoms with Crippen molar-refractivity contribution in [2.45, 2.75) is 45.2 Å². The van der Waals surface area contributed by atoms with Crippen molar-refractivity contribution < 1.29 is 24.2 Å². The van der Waals surface area contributed by atoms with Gasteiger partial charge in [0.1, 0.15) is 6.04 Å². The summed E-state index contributed by atoms with van der Waals surface area (Å²) in [5.74, 6) is -2.51. The highest BCUT2D eigenvalue weighted by Crippen LogP contribution is 2.24. The topological polar surface area (TPSA) is 105 Å². The highest BCUT2D eigenvalue weighted by molar-refractivity contribution is 5.91. The smallest absolute Gasteiger partial charge is 0.304 e. The van der Waals surface area contributed by atoms with E-state index in [4.69, 9.17) is 4.74 Å². The van der Waals surface area contributed by atoms with E-state index in [1.54, 1.807) is 7.11 Å². The minimum absolute atomic E-state index is 0.120. The number of ether oxygens (including phenoxy) is 1. The van der Waals surface area contributed by atoms with Crippen molar-refractivity contribution in [3.63, 3.8) is 0 Å². The van der Waals surface area contributed by atoms with Crippen LogP contribution >= 0.6 is 0 Å². The Bertz CT molecular complexity index is 1200. The van der Waals surface area contributed by atoms with Crippen molar-refractivity contribution in [2.75, 3.05) is 13.7 Å². The van der Waals surface area contributed by atoms with Crippen molar-refractivity contribution in [1.29, 1.82) is 0 Å². The number of hydrogen-bond acceptors (Lipinski definition) is 4. The fourth-order valence-corrected chi connectivity index (χ4v) is 4.66. The molecule has 7 heteroatoms. The highest BCUT2D eigenvalue weighted by Gasteiger charge is 2.30. The van der Waals surface area contributed by atoms with Crippen LogP contribution in [0.25, 0.3) is 11.1 Å². The predicted octanol–water partition coefficient (Wildman–Crippen LogP) is 5.02. The van der Waals surface area contributed by atoms with E-state index < -0.39 is 23.8 Å². The zero-order valence-corrected chi connectivity index (χ0v) is 22.8. The maximum absolute atomic E-state index is 13.7. The summed E-state index contributed by atoms with van der Waals surface area (Å²) in [4.78, 5) is 38.5. The third-order valence-electron chi connectivity index (χ3n) is 6.49. The fraction of sp³-hybridized carbons (Fsp3) is 0.344. The van der Waals surface area contributed by atoms with Crippen molar-refractivity contribution in [1.82, 2.24) is 10.6 Å². The van der Waals surface area contributed by atoms with E-state index in [1.807, 2.05) is 98.8 Å². The number of carboxylic acids is 1. The minimum atomic E-state index is -1.05. The third-order valence-corrected chi connectivity index (χ3v) is 6.49. The van der Waals surface area contributed by atoms with Crippen LogP contribution in [0.3, 0.4) is 0 Å². The number of rotatable bonds is 14. The lowest BCUT2D eigenvalue weighted by molar-refractivity contribution is -0.142. The van der Waals surface area contributed by atoms with Crippen molar-refractivity contribution >= 4 is 17.8 Å². The van der Waals surface area contributed by atoms with Crippen LogP contribution in [0.5, 0.6) is 0 Å². The molecular weight excluding hydrogens is 492 g/mol. The molecule has 0 saturated heterocycles. The first-order valence-corrected chi connectivity index (χ1v) is 13.3. The Hall–Kier alpha value is -3.97. The molecule has 0 aliphatic rings. The molecule has 0 heterocycles. The zero-order valence-electron chi connectivity index (χ0n) is 22.8. The lowest BCUT2D eigenvalue weighted by atomic mass is 9.92. The number of benzene rings is 3. The molecule has 0 aromatic heterocycles. The normalized spacial score (nSPS) is 13.3. The second kappa shape index (κ2) is 14.8. The molecule has 0 saturated carbocycles. The molecule has 2 amide bonds. The number of methoxy groups -OCH3 is 1. The standard InChI is InChI=1S/C32H38N2O5/c1-22(2)18-27(20-29(35)36)31(37)34-30(26-16-14-25(15-17-26)24-12-8-5-9-13-24)32(38)33-28(21-39-3)19-23-10-6-4-7-11-23/h4-17,22,27-28,30H,18-21H2,1-3H3,(H,33,38)(H,34,37)(H,35,36)/t27-,28+,30-/m1/s1. The first kappa shape index (κ1) is 29.6. The number of hydrogen-bond donors (Lipinski definition) is 3. The Morgan fingerprint density at radius 3 is 1.95 bits per heavy atom. The molecule has 0 fully saturated rings. The molecule has 3 N–H and O–H groups in total. The second-order valence-corrected chi connectivity index (χ2v) is 10.2. The van der Waals surface area contributed by atoms with Gasteiger partial charge in [-0.3, -0.25) is 14.4 Å². The number of aliphatic carboxylic acids is 1. The van der Waals surface area contributed by atoms with Gasteiger partial charge in [-0.25, -0.2) is 0 Å². The van der Waals surface area contributed by atoms with Gasteiger partial charge >= 0.3 is 5.97 Å². The Kier molecular flexibility index (Phi) is 11.3. The maximum atomic E-state index is 13.7. The molecule has 0 unspecified atom stereocenters. The van der Waals surface area contributed by atoms with Crippen LogP contribution in [-0.2, 0) is 25.5 Å². The number of carbonyl (C=O) groups excluding carboxylic acids is 2. The molecule has 3 atom stereocenters. The molecule has 3 rings (SSSR count). The molecule has 206 valence electrons. The monoisotopic (exact) mass is 530 g/mol. The SMILES string of the molecule is COC[C@H](Cc1ccccc1)NC(=O)[C@H](NC(=O)[C@@H](CC(=O)O)CC(C)C)c1ccc(-c2ccccc2)cc1. The van der Waals surface area contributed by atoms with Crippen molar-refractivity contribution in [2.24, 2.45) is 11.8 Å². The molecule has 7 nitrogen and oxygen atoms in total. The zero-order chi connectivity index (χ0) is 28.2. The lowest BCUT2D eigenvalue weighted by Crippen LogP contribution is -2.48. The summed E-state index contributed by atoms with van der Waals surface area (Å²) in [6.07, 6.45) is 0.661. The molecular formula is C32H38N2O5. The van der Waals surface area contributed by atoms with E-state index in [0.29, 0.717) is 25.0 Å². The summed E-state index contributed by atoms with van der Waals surface area (Å²) in [6.45, 7) is 4.17. The molecule has 39 heavy (non-hydrogen) atoms. The third kappa shape index (κ3) is 9.37. The van der Waals surface area contributed by atoms with Crippen LogP contribution in [0.2, 0.25) is 0 Å². The van der Waals surface area contributed by atoms with Gasteiger partial charge in [0, 0.05) is 13.0 Å². The van der Waals surface area contributed by atoms with Crippen LogP contribution < -0.4 is 10.6 Å². The van der Waals surface area contributed by atoms with Crippen LogP contribution in [0, 0.1) is 11.8 Å². The maximum Gasteiger partial charge on any atom is 0.304 e. The molecule has 0 radical (unpaired) electrons. The quantitative estimate of drug-likeness (QED) is 0.271. The summed E-state index contributed by atoms with van der Waals surface area (Å²) >= 11 is 0. The molecule has 3 aromatic rings. The number of amides is 2. The summed E-state index contributed by atoms with van der Waals surface area (Å²) in [5, 5.41) is 15.3. The first-order valence-electron chi connectivity index (χ1n) is 13.3. The van der Waals surface area contributed by atoms with Crippen molar-refractivity contribution in [3.8, 4) is 11.1 Å². The van der Waals surface area contributed by atoms with Gasteiger partial charge in [0.2, 0.25) is 11.8 Å².